The number of halogens is 1. The summed E-state index contributed by atoms with van der Waals surface area (Å²) in [6, 6.07) is 0. The van der Waals surface area contributed by atoms with Crippen molar-refractivity contribution in [2.24, 2.45) is 0 Å². The number of hydrogen-bond acceptors (Lipinski definition) is 3. The number of rotatable bonds is 4. The van der Waals surface area contributed by atoms with Gasteiger partial charge in [-0.3, -0.25) is 4.90 Å². The smallest absolute Gasteiger partial charge is 0.217 e. The van der Waals surface area contributed by atoms with E-state index in [4.69, 9.17) is 11.6 Å². The molecule has 0 aromatic carbocycles. The molecule has 2 rings (SSSR count). The maximum absolute atomic E-state index is 12.3. The van der Waals surface area contributed by atoms with Gasteiger partial charge in [-0.15, -0.1) is 11.6 Å². The number of piperazine rings is 1. The highest BCUT2D eigenvalue weighted by atomic mass is 35.5. The minimum absolute atomic E-state index is 0.109. The van der Waals surface area contributed by atoms with Crippen molar-refractivity contribution in [2.45, 2.75) is 30.9 Å². The molecular weight excluding hydrogens is 260 g/mol. The predicted octanol–water partition coefficient (Wildman–Crippen LogP) is 1.12. The summed E-state index contributed by atoms with van der Waals surface area (Å²) in [7, 11) is -3.03. The van der Waals surface area contributed by atoms with Crippen LogP contribution in [0.3, 0.4) is 0 Å². The van der Waals surface area contributed by atoms with Gasteiger partial charge in [0.1, 0.15) is 0 Å². The van der Waals surface area contributed by atoms with E-state index in [-0.39, 0.29) is 5.25 Å². The molecule has 0 atom stereocenters. The van der Waals surface area contributed by atoms with Gasteiger partial charge in [0.15, 0.2) is 0 Å². The van der Waals surface area contributed by atoms with Gasteiger partial charge in [0.05, 0.1) is 5.25 Å². The summed E-state index contributed by atoms with van der Waals surface area (Å²) < 4.78 is 26.4. The molecule has 6 heteroatoms. The Morgan fingerprint density at radius 3 is 2.18 bits per heavy atom. The molecule has 0 aromatic rings. The maximum atomic E-state index is 12.3. The molecule has 0 bridgehead atoms. The third-order valence-corrected chi connectivity index (χ3v) is 6.38. The first-order valence-corrected chi connectivity index (χ1v) is 8.45. The summed E-state index contributed by atoms with van der Waals surface area (Å²) in [4.78, 5) is 2.23. The Hall–Kier alpha value is 0.160. The fourth-order valence-electron chi connectivity index (χ4n) is 2.72. The standard InChI is InChI=1S/C11H21ClN2O2S/c12-5-6-13-7-9-14(10-8-13)17(15,16)11-3-1-2-4-11/h11H,1-10H2. The van der Waals surface area contributed by atoms with Crippen LogP contribution in [0, 0.1) is 0 Å². The summed E-state index contributed by atoms with van der Waals surface area (Å²) >= 11 is 5.69. The van der Waals surface area contributed by atoms with Gasteiger partial charge >= 0.3 is 0 Å². The van der Waals surface area contributed by atoms with Crippen LogP contribution in [0.25, 0.3) is 0 Å². The lowest BCUT2D eigenvalue weighted by Gasteiger charge is -2.34. The highest BCUT2D eigenvalue weighted by Gasteiger charge is 2.35. The van der Waals surface area contributed by atoms with E-state index < -0.39 is 10.0 Å². The summed E-state index contributed by atoms with van der Waals surface area (Å²) in [6.07, 6.45) is 3.83. The fourth-order valence-corrected chi connectivity index (χ4v) is 4.99. The second-order valence-electron chi connectivity index (χ2n) is 4.88. The molecule has 2 fully saturated rings. The van der Waals surface area contributed by atoms with Crippen molar-refractivity contribution in [1.82, 2.24) is 9.21 Å². The molecule has 2 aliphatic rings. The summed E-state index contributed by atoms with van der Waals surface area (Å²) in [5, 5.41) is -0.109. The normalized spacial score (nSPS) is 25.5. The minimum atomic E-state index is -3.03. The van der Waals surface area contributed by atoms with Gasteiger partial charge < -0.3 is 0 Å². The SMILES string of the molecule is O=S(=O)(C1CCCC1)N1CCN(CCCl)CC1. The minimum Gasteiger partial charge on any atom is -0.300 e. The van der Waals surface area contributed by atoms with E-state index in [1.54, 1.807) is 4.31 Å². The fraction of sp³-hybridized carbons (Fsp3) is 1.00. The second-order valence-corrected chi connectivity index (χ2v) is 7.47. The van der Waals surface area contributed by atoms with Crippen molar-refractivity contribution in [1.29, 1.82) is 0 Å². The molecule has 0 aromatic heterocycles. The Morgan fingerprint density at radius 2 is 1.65 bits per heavy atom. The molecular formula is C11H21ClN2O2S. The Bertz CT molecular complexity index is 333. The number of nitrogens with zero attached hydrogens (tertiary/aromatic N) is 2. The van der Waals surface area contributed by atoms with Crippen LogP contribution >= 0.6 is 11.6 Å². The molecule has 1 aliphatic carbocycles. The van der Waals surface area contributed by atoms with E-state index >= 15 is 0 Å². The van der Waals surface area contributed by atoms with E-state index in [0.717, 1.165) is 45.3 Å². The number of hydrogen-bond donors (Lipinski definition) is 0. The third kappa shape index (κ3) is 3.13. The van der Waals surface area contributed by atoms with Crippen LogP contribution in [0.2, 0.25) is 0 Å². The van der Waals surface area contributed by atoms with E-state index in [1.807, 2.05) is 0 Å². The van der Waals surface area contributed by atoms with Crippen LogP contribution in [-0.4, -0.2) is 61.5 Å². The third-order valence-electron chi connectivity index (χ3n) is 3.82. The lowest BCUT2D eigenvalue weighted by molar-refractivity contribution is 0.196. The molecule has 100 valence electrons. The quantitative estimate of drug-likeness (QED) is 0.725. The predicted molar refractivity (Wildman–Crippen MR) is 69.9 cm³/mol. The van der Waals surface area contributed by atoms with Crippen LogP contribution in [0.1, 0.15) is 25.7 Å². The first-order chi connectivity index (χ1) is 8.14. The van der Waals surface area contributed by atoms with Crippen LogP contribution in [-0.2, 0) is 10.0 Å². The number of alkyl halides is 1. The van der Waals surface area contributed by atoms with Crippen LogP contribution < -0.4 is 0 Å². The largest absolute Gasteiger partial charge is 0.300 e. The highest BCUT2D eigenvalue weighted by Crippen LogP contribution is 2.27. The molecule has 0 N–H and O–H groups in total. The molecule has 1 saturated carbocycles. The second kappa shape index (κ2) is 5.87. The Kier molecular flexibility index (Phi) is 4.69. The molecule has 1 aliphatic heterocycles. The van der Waals surface area contributed by atoms with Crippen molar-refractivity contribution < 1.29 is 8.42 Å². The van der Waals surface area contributed by atoms with Crippen molar-refractivity contribution in [2.75, 3.05) is 38.6 Å². The zero-order valence-electron chi connectivity index (χ0n) is 10.1. The highest BCUT2D eigenvalue weighted by molar-refractivity contribution is 7.89. The van der Waals surface area contributed by atoms with E-state index in [9.17, 15) is 8.42 Å². The summed E-state index contributed by atoms with van der Waals surface area (Å²) in [5.74, 6) is 0.620. The van der Waals surface area contributed by atoms with Gasteiger partial charge in [-0.25, -0.2) is 8.42 Å². The van der Waals surface area contributed by atoms with Crippen LogP contribution in [0.15, 0.2) is 0 Å². The topological polar surface area (TPSA) is 40.6 Å². The molecule has 0 unspecified atom stereocenters. The average molecular weight is 281 g/mol. The molecule has 17 heavy (non-hydrogen) atoms. The first-order valence-electron chi connectivity index (χ1n) is 6.42. The molecule has 1 saturated heterocycles. The van der Waals surface area contributed by atoms with E-state index in [1.165, 1.54) is 0 Å². The van der Waals surface area contributed by atoms with Crippen LogP contribution in [0.4, 0.5) is 0 Å². The van der Waals surface area contributed by atoms with Crippen molar-refractivity contribution in [3.63, 3.8) is 0 Å². The molecule has 4 nitrogen and oxygen atoms in total. The van der Waals surface area contributed by atoms with Gasteiger partial charge in [-0.2, -0.15) is 4.31 Å². The lowest BCUT2D eigenvalue weighted by atomic mass is 10.4. The van der Waals surface area contributed by atoms with Gasteiger partial charge in [0, 0.05) is 38.6 Å². The summed E-state index contributed by atoms with van der Waals surface area (Å²) in [5.41, 5.74) is 0. The zero-order valence-corrected chi connectivity index (χ0v) is 11.7. The Labute approximate surface area is 109 Å². The Morgan fingerprint density at radius 1 is 1.06 bits per heavy atom. The van der Waals surface area contributed by atoms with Crippen molar-refractivity contribution in [3.8, 4) is 0 Å². The Balaban J connectivity index is 1.91. The lowest BCUT2D eigenvalue weighted by Crippen LogP contribution is -2.51. The van der Waals surface area contributed by atoms with Gasteiger partial charge in [-0.1, -0.05) is 12.8 Å². The molecule has 0 amide bonds. The zero-order chi connectivity index (χ0) is 12.3. The molecule has 0 spiro atoms. The van der Waals surface area contributed by atoms with Gasteiger partial charge in [0.2, 0.25) is 10.0 Å². The maximum Gasteiger partial charge on any atom is 0.217 e. The van der Waals surface area contributed by atoms with Gasteiger partial charge in [-0.05, 0) is 12.8 Å². The van der Waals surface area contributed by atoms with Crippen LogP contribution in [0.5, 0.6) is 0 Å². The monoisotopic (exact) mass is 280 g/mol. The summed E-state index contributed by atoms with van der Waals surface area (Å²) in [6.45, 7) is 3.77. The first kappa shape index (κ1) is 13.6. The van der Waals surface area contributed by atoms with Crippen molar-refractivity contribution >= 4 is 21.6 Å². The van der Waals surface area contributed by atoms with E-state index in [0.29, 0.717) is 19.0 Å². The average Bonchev–Trinajstić information content (AvgIpc) is 2.84. The molecule has 0 radical (unpaired) electrons. The van der Waals surface area contributed by atoms with E-state index in [2.05, 4.69) is 4.90 Å². The van der Waals surface area contributed by atoms with Gasteiger partial charge in [0.25, 0.3) is 0 Å². The number of sulfonamides is 1. The molecule has 1 heterocycles. The van der Waals surface area contributed by atoms with Crippen molar-refractivity contribution in [3.05, 3.63) is 0 Å².